The number of benzene rings is 1. The molecular formula is C16H25N3O2. The summed E-state index contributed by atoms with van der Waals surface area (Å²) < 4.78 is 0. The lowest BCUT2D eigenvalue weighted by Crippen LogP contribution is -2.54. The van der Waals surface area contributed by atoms with Crippen LogP contribution >= 0.6 is 0 Å². The van der Waals surface area contributed by atoms with E-state index in [9.17, 15) is 9.59 Å². The van der Waals surface area contributed by atoms with Gasteiger partial charge in [-0.15, -0.1) is 0 Å². The van der Waals surface area contributed by atoms with Crippen molar-refractivity contribution in [2.24, 2.45) is 11.7 Å². The molecule has 1 aromatic rings. The second-order valence-corrected chi connectivity index (χ2v) is 5.96. The van der Waals surface area contributed by atoms with Crippen molar-refractivity contribution in [3.05, 3.63) is 35.9 Å². The van der Waals surface area contributed by atoms with Crippen LogP contribution in [0.25, 0.3) is 0 Å². The molecule has 0 heterocycles. The first-order chi connectivity index (χ1) is 9.86. The highest BCUT2D eigenvalue weighted by molar-refractivity contribution is 5.96. The lowest BCUT2D eigenvalue weighted by Gasteiger charge is -2.31. The summed E-state index contributed by atoms with van der Waals surface area (Å²) in [5.74, 6) is -0.0605. The molecule has 1 atom stereocenters. The molecule has 0 saturated heterocycles. The average molecular weight is 291 g/mol. The smallest absolute Gasteiger partial charge is 0.251 e. The third kappa shape index (κ3) is 5.95. The molecule has 1 rings (SSSR count). The van der Waals surface area contributed by atoms with Gasteiger partial charge in [-0.2, -0.15) is 0 Å². The topological polar surface area (TPSA) is 84.2 Å². The minimum absolute atomic E-state index is 0.0542. The van der Waals surface area contributed by atoms with Crippen molar-refractivity contribution in [2.45, 2.75) is 32.7 Å². The normalized spacial score (nSPS) is 13.6. The molecule has 0 bridgehead atoms. The second kappa shape index (κ2) is 7.78. The Kier molecular flexibility index (Phi) is 6.37. The number of carbonyl (C=O) groups excluding carboxylic acids is 2. The Bertz CT molecular complexity index is 474. The van der Waals surface area contributed by atoms with Gasteiger partial charge in [0.05, 0.1) is 6.54 Å². The van der Waals surface area contributed by atoms with Gasteiger partial charge in [-0.25, -0.2) is 0 Å². The summed E-state index contributed by atoms with van der Waals surface area (Å²) in [6, 6.07) is 8.81. The van der Waals surface area contributed by atoms with E-state index in [0.29, 0.717) is 18.0 Å². The van der Waals surface area contributed by atoms with E-state index in [4.69, 9.17) is 5.73 Å². The average Bonchev–Trinajstić information content (AvgIpc) is 2.44. The summed E-state index contributed by atoms with van der Waals surface area (Å²) in [4.78, 5) is 23.8. The van der Waals surface area contributed by atoms with Gasteiger partial charge >= 0.3 is 0 Å². The van der Waals surface area contributed by atoms with Crippen molar-refractivity contribution in [3.63, 3.8) is 0 Å². The number of carbonyl (C=O) groups is 2. The zero-order valence-electron chi connectivity index (χ0n) is 13.0. The molecule has 1 aromatic carbocycles. The third-order valence-corrected chi connectivity index (χ3v) is 3.20. The van der Waals surface area contributed by atoms with E-state index in [1.165, 1.54) is 0 Å². The molecule has 21 heavy (non-hydrogen) atoms. The SMILES string of the molecule is CC(C)CC(C)(CN)NC(=O)CNC(=O)c1ccccc1. The van der Waals surface area contributed by atoms with E-state index < -0.39 is 5.54 Å². The van der Waals surface area contributed by atoms with Gasteiger partial charge in [-0.1, -0.05) is 32.0 Å². The first-order valence-electron chi connectivity index (χ1n) is 7.20. The van der Waals surface area contributed by atoms with Crippen molar-refractivity contribution in [1.29, 1.82) is 0 Å². The molecule has 5 heteroatoms. The standard InChI is InChI=1S/C16H25N3O2/c1-12(2)9-16(3,11-17)19-14(20)10-18-15(21)13-7-5-4-6-8-13/h4-8,12H,9-11,17H2,1-3H3,(H,18,21)(H,19,20). The molecular weight excluding hydrogens is 266 g/mol. The zero-order chi connectivity index (χ0) is 15.9. The van der Waals surface area contributed by atoms with E-state index in [-0.39, 0.29) is 18.4 Å². The van der Waals surface area contributed by atoms with Crippen LogP contribution in [0.15, 0.2) is 30.3 Å². The summed E-state index contributed by atoms with van der Waals surface area (Å²) in [5.41, 5.74) is 5.84. The molecule has 5 nitrogen and oxygen atoms in total. The predicted octanol–water partition coefficient (Wildman–Crippen LogP) is 1.30. The molecule has 116 valence electrons. The van der Waals surface area contributed by atoms with Gasteiger partial charge in [0.2, 0.25) is 5.91 Å². The Hall–Kier alpha value is -1.88. The van der Waals surface area contributed by atoms with Crippen molar-refractivity contribution in [2.75, 3.05) is 13.1 Å². The van der Waals surface area contributed by atoms with Gasteiger partial charge in [-0.3, -0.25) is 9.59 Å². The maximum Gasteiger partial charge on any atom is 0.251 e. The Morgan fingerprint density at radius 3 is 2.38 bits per heavy atom. The fourth-order valence-electron chi connectivity index (χ4n) is 2.32. The van der Waals surface area contributed by atoms with Crippen molar-refractivity contribution in [1.82, 2.24) is 10.6 Å². The molecule has 2 amide bonds. The highest BCUT2D eigenvalue weighted by Crippen LogP contribution is 2.14. The zero-order valence-corrected chi connectivity index (χ0v) is 13.0. The summed E-state index contributed by atoms with van der Waals surface area (Å²) in [5, 5.41) is 5.51. The van der Waals surface area contributed by atoms with Crippen LogP contribution in [0.1, 0.15) is 37.6 Å². The van der Waals surface area contributed by atoms with Crippen molar-refractivity contribution in [3.8, 4) is 0 Å². The molecule has 0 aliphatic heterocycles. The molecule has 0 saturated carbocycles. The minimum Gasteiger partial charge on any atom is -0.348 e. The second-order valence-electron chi connectivity index (χ2n) is 5.96. The summed E-state index contributed by atoms with van der Waals surface area (Å²) in [7, 11) is 0. The van der Waals surface area contributed by atoms with Crippen LogP contribution in [0.4, 0.5) is 0 Å². The van der Waals surface area contributed by atoms with Crippen LogP contribution in [0.5, 0.6) is 0 Å². The minimum atomic E-state index is -0.442. The van der Waals surface area contributed by atoms with Crippen LogP contribution in [-0.2, 0) is 4.79 Å². The molecule has 0 aliphatic carbocycles. The quantitative estimate of drug-likeness (QED) is 0.708. The van der Waals surface area contributed by atoms with Crippen LogP contribution < -0.4 is 16.4 Å². The Balaban J connectivity index is 2.48. The van der Waals surface area contributed by atoms with Crippen LogP contribution in [-0.4, -0.2) is 30.4 Å². The molecule has 0 spiro atoms. The van der Waals surface area contributed by atoms with E-state index in [2.05, 4.69) is 24.5 Å². The fraction of sp³-hybridized carbons (Fsp3) is 0.500. The molecule has 0 fully saturated rings. The fourth-order valence-corrected chi connectivity index (χ4v) is 2.32. The van der Waals surface area contributed by atoms with Gasteiger partial charge in [-0.05, 0) is 31.4 Å². The van der Waals surface area contributed by atoms with Gasteiger partial charge in [0.1, 0.15) is 0 Å². The third-order valence-electron chi connectivity index (χ3n) is 3.20. The lowest BCUT2D eigenvalue weighted by molar-refractivity contribution is -0.121. The highest BCUT2D eigenvalue weighted by atomic mass is 16.2. The van der Waals surface area contributed by atoms with E-state index in [0.717, 1.165) is 6.42 Å². The van der Waals surface area contributed by atoms with Crippen molar-refractivity contribution < 1.29 is 9.59 Å². The number of amides is 2. The van der Waals surface area contributed by atoms with Crippen molar-refractivity contribution >= 4 is 11.8 Å². The first-order valence-corrected chi connectivity index (χ1v) is 7.20. The van der Waals surface area contributed by atoms with Gasteiger partial charge in [0.25, 0.3) is 5.91 Å². The van der Waals surface area contributed by atoms with E-state index >= 15 is 0 Å². The maximum absolute atomic E-state index is 12.0. The summed E-state index contributed by atoms with van der Waals surface area (Å²) in [6.07, 6.45) is 0.794. The number of hydrogen-bond acceptors (Lipinski definition) is 3. The Morgan fingerprint density at radius 1 is 1.24 bits per heavy atom. The monoisotopic (exact) mass is 291 g/mol. The summed E-state index contributed by atoms with van der Waals surface area (Å²) in [6.45, 7) is 6.39. The van der Waals surface area contributed by atoms with Gasteiger partial charge in [0, 0.05) is 17.6 Å². The molecule has 0 radical (unpaired) electrons. The van der Waals surface area contributed by atoms with E-state index in [1.54, 1.807) is 24.3 Å². The highest BCUT2D eigenvalue weighted by Gasteiger charge is 2.25. The largest absolute Gasteiger partial charge is 0.348 e. The lowest BCUT2D eigenvalue weighted by atomic mass is 9.91. The number of nitrogens with one attached hydrogen (secondary N) is 2. The molecule has 0 aliphatic rings. The number of rotatable bonds is 7. The Morgan fingerprint density at radius 2 is 1.86 bits per heavy atom. The summed E-state index contributed by atoms with van der Waals surface area (Å²) >= 11 is 0. The van der Waals surface area contributed by atoms with Gasteiger partial charge < -0.3 is 16.4 Å². The molecule has 1 unspecified atom stereocenters. The number of hydrogen-bond donors (Lipinski definition) is 3. The molecule has 4 N–H and O–H groups in total. The van der Waals surface area contributed by atoms with Crippen LogP contribution in [0.2, 0.25) is 0 Å². The van der Waals surface area contributed by atoms with Crippen LogP contribution in [0.3, 0.4) is 0 Å². The van der Waals surface area contributed by atoms with Gasteiger partial charge in [0.15, 0.2) is 0 Å². The predicted molar refractivity (Wildman–Crippen MR) is 83.8 cm³/mol. The Labute approximate surface area is 126 Å². The van der Waals surface area contributed by atoms with Crippen LogP contribution in [0, 0.1) is 5.92 Å². The number of nitrogens with two attached hydrogens (primary N) is 1. The van der Waals surface area contributed by atoms with E-state index in [1.807, 2.05) is 13.0 Å². The first kappa shape index (κ1) is 17.2. The maximum atomic E-state index is 12.0. The molecule has 0 aromatic heterocycles.